The highest BCUT2D eigenvalue weighted by Crippen LogP contribution is 2.49. The van der Waals surface area contributed by atoms with Gasteiger partial charge in [0.25, 0.3) is 17.7 Å². The zero-order valence-electron chi connectivity index (χ0n) is 45.9. The summed E-state index contributed by atoms with van der Waals surface area (Å²) in [5.74, 6) is -0.187. The number of hydrogen-bond acceptors (Lipinski definition) is 10. The number of anilines is 2. The molecule has 0 radical (unpaired) electrons. The molecule has 3 heterocycles. The van der Waals surface area contributed by atoms with Gasteiger partial charge in [-0.1, -0.05) is 94.5 Å². The number of hydrogen-bond donors (Lipinski definition) is 2. The van der Waals surface area contributed by atoms with Gasteiger partial charge in [0.05, 0.1) is 22.8 Å². The first-order valence-electron chi connectivity index (χ1n) is 27.4. The SMILES string of the molecule is CCN(CC)c1ccc2c(-c3ccccc3C(=O)N3CCN(C(=O)c4ccccc4SSc4ccccc4C(=O)Nc4ccc(-c5c6ccc(=S)cc-6sc6cc(S)ccc56)c(C(F)(F)F)c4)CC3)c3ccc(=[N+](CC)CC)cc-3oc2c1. The van der Waals surface area contributed by atoms with Crippen LogP contribution in [0.25, 0.3) is 65.1 Å². The van der Waals surface area contributed by atoms with Crippen molar-refractivity contribution in [3.63, 3.8) is 0 Å². The summed E-state index contributed by atoms with van der Waals surface area (Å²) in [6.45, 7) is 13.2. The van der Waals surface area contributed by atoms with Crippen molar-refractivity contribution < 1.29 is 32.0 Å². The number of carbonyl (C=O) groups is 3. The quantitative estimate of drug-likeness (QED) is 0.0366. The van der Waals surface area contributed by atoms with E-state index >= 15 is 13.2 Å². The number of rotatable bonds is 14. The number of alkyl halides is 3. The molecule has 0 spiro atoms. The zero-order chi connectivity index (χ0) is 58.1. The third-order valence-corrected chi connectivity index (χ3v) is 19.4. The molecule has 0 saturated carbocycles. The minimum Gasteiger partial charge on any atom is -0.456 e. The molecule has 6 aromatic carbocycles. The lowest BCUT2D eigenvalue weighted by Gasteiger charge is -2.35. The Morgan fingerprint density at radius 2 is 1.25 bits per heavy atom. The molecule has 6 aromatic rings. The summed E-state index contributed by atoms with van der Waals surface area (Å²) < 4.78 is 55.9. The third-order valence-electron chi connectivity index (χ3n) is 15.2. The first-order chi connectivity index (χ1) is 40.2. The minimum atomic E-state index is -4.78. The average Bonchev–Trinajstić information content (AvgIpc) is 3.02. The Morgan fingerprint density at radius 3 is 1.94 bits per heavy atom. The lowest BCUT2D eigenvalue weighted by molar-refractivity contribution is -0.137. The summed E-state index contributed by atoms with van der Waals surface area (Å²) in [5, 5.41) is 5.33. The van der Waals surface area contributed by atoms with Crippen LogP contribution in [0, 0.1) is 4.51 Å². The maximum Gasteiger partial charge on any atom is 0.417 e. The van der Waals surface area contributed by atoms with Crippen LogP contribution in [0.2, 0.25) is 0 Å². The predicted molar refractivity (Wildman–Crippen MR) is 340 cm³/mol. The predicted octanol–water partition coefficient (Wildman–Crippen LogP) is 16.5. The second-order valence-electron chi connectivity index (χ2n) is 20.0. The van der Waals surface area contributed by atoms with Crippen LogP contribution in [-0.2, 0) is 6.18 Å². The van der Waals surface area contributed by atoms with Crippen LogP contribution in [0.1, 0.15) is 64.3 Å². The van der Waals surface area contributed by atoms with E-state index in [1.807, 2.05) is 47.4 Å². The zero-order valence-corrected chi connectivity index (χ0v) is 50.0. The summed E-state index contributed by atoms with van der Waals surface area (Å²) in [6, 6.07) is 49.0. The van der Waals surface area contributed by atoms with E-state index in [9.17, 15) is 14.4 Å². The van der Waals surface area contributed by atoms with Gasteiger partial charge in [0.1, 0.15) is 24.4 Å². The molecular formula is C66H57F3N5O4S5+. The molecule has 3 aliphatic heterocycles. The van der Waals surface area contributed by atoms with E-state index in [1.54, 1.807) is 71.6 Å². The van der Waals surface area contributed by atoms with Crippen molar-refractivity contribution in [3.05, 3.63) is 196 Å². The first-order valence-corrected chi connectivity index (χ1v) is 31.2. The highest BCUT2D eigenvalue weighted by molar-refractivity contribution is 8.76. The number of thiol groups is 1. The molecule has 1 N–H and O–H groups in total. The molecule has 11 rings (SSSR count). The van der Waals surface area contributed by atoms with Crippen LogP contribution in [0.4, 0.5) is 24.5 Å². The number of nitrogens with zero attached hydrogens (tertiary/aromatic N) is 4. The molecule has 1 fully saturated rings. The number of fused-ring (bicyclic) bond motifs is 4. The van der Waals surface area contributed by atoms with Gasteiger partial charge in [-0.2, -0.15) is 13.2 Å². The van der Waals surface area contributed by atoms with Gasteiger partial charge >= 0.3 is 6.18 Å². The molecule has 5 aliphatic rings. The Morgan fingerprint density at radius 1 is 0.651 bits per heavy atom. The smallest absolute Gasteiger partial charge is 0.417 e. The summed E-state index contributed by atoms with van der Waals surface area (Å²) in [4.78, 5) is 51.9. The number of nitrogens with one attached hydrogen (secondary N) is 1. The van der Waals surface area contributed by atoms with Crippen LogP contribution in [0.3, 0.4) is 0 Å². The highest BCUT2D eigenvalue weighted by atomic mass is 33.1. The van der Waals surface area contributed by atoms with Gasteiger partial charge in [-0.05, 0) is 129 Å². The largest absolute Gasteiger partial charge is 0.456 e. The standard InChI is InChI=1S/C66H56F3N5O4S5/c1-5-71(6-2)41-22-27-48-55(36-41)78-56-37-42(72(7-3)8-4)23-28-49(56)61(48)45-15-9-10-16-46(45)64(76)73-31-33-74(34-32-73)65(77)53-18-12-14-20-58(53)83-82-57-19-13-11-17-52(57)63(75)70-40-21-26-47(54(35-40)66(67,68)69)62-50-29-24-43(79)38-59(50)81-60-39-44(80)25-30-51(60)62/h9-30,35-39H,5-8,31-34H2,1-4H3,(H-,70,75,79,80)/p+1. The molecule has 0 bridgehead atoms. The number of halogens is 3. The molecule has 1 saturated heterocycles. The Bertz CT molecular complexity index is 4220. The van der Waals surface area contributed by atoms with Crippen molar-refractivity contribution in [1.29, 1.82) is 0 Å². The molecule has 0 unspecified atom stereocenters. The van der Waals surface area contributed by atoms with E-state index in [2.05, 4.69) is 91.5 Å². The summed E-state index contributed by atoms with van der Waals surface area (Å²) >= 11 is 11.4. The van der Waals surface area contributed by atoms with Gasteiger partial charge in [0, 0.05) is 125 Å². The van der Waals surface area contributed by atoms with Crippen LogP contribution in [-0.4, -0.2) is 79.9 Å². The molecule has 17 heteroatoms. The van der Waals surface area contributed by atoms with Gasteiger partial charge < -0.3 is 24.4 Å². The van der Waals surface area contributed by atoms with Crippen LogP contribution in [0.15, 0.2) is 183 Å². The van der Waals surface area contributed by atoms with Gasteiger partial charge in [-0.25, -0.2) is 4.58 Å². The van der Waals surface area contributed by atoms with Gasteiger partial charge in [0.2, 0.25) is 5.36 Å². The molecule has 83 heavy (non-hydrogen) atoms. The van der Waals surface area contributed by atoms with Crippen molar-refractivity contribution in [2.24, 2.45) is 0 Å². The van der Waals surface area contributed by atoms with Crippen LogP contribution in [0.5, 0.6) is 0 Å². The lowest BCUT2D eigenvalue weighted by atomic mass is 9.90. The average molecular weight is 1200 g/mol. The van der Waals surface area contributed by atoms with Crippen molar-refractivity contribution in [2.75, 3.05) is 62.6 Å². The Balaban J connectivity index is 0.805. The molecule has 0 aromatic heterocycles. The number of piperazine rings is 1. The van der Waals surface area contributed by atoms with Crippen LogP contribution >= 0.6 is 57.8 Å². The van der Waals surface area contributed by atoms with E-state index in [1.165, 1.54) is 45.1 Å². The third kappa shape index (κ3) is 11.7. The molecule has 0 atom stereocenters. The van der Waals surface area contributed by atoms with Gasteiger partial charge in [0.15, 0.2) is 0 Å². The Hall–Kier alpha value is -7.41. The van der Waals surface area contributed by atoms with E-state index in [0.29, 0.717) is 73.0 Å². The summed E-state index contributed by atoms with van der Waals surface area (Å²) in [5.41, 5.74) is 5.76. The summed E-state index contributed by atoms with van der Waals surface area (Å²) in [7, 11) is 2.57. The maximum absolute atomic E-state index is 15.2. The second-order valence-corrected chi connectivity index (χ2v) is 24.3. The number of carbonyl (C=O) groups excluding carboxylic acids is 3. The van der Waals surface area contributed by atoms with Crippen molar-refractivity contribution >= 4 is 108 Å². The Kier molecular flexibility index (Phi) is 16.9. The van der Waals surface area contributed by atoms with Crippen molar-refractivity contribution in [3.8, 4) is 44.0 Å². The fraction of sp³-hybridized carbons (Fsp3) is 0.197. The number of amides is 3. The van der Waals surface area contributed by atoms with Crippen molar-refractivity contribution in [1.82, 2.24) is 14.4 Å². The topological polar surface area (TPSA) is 89.1 Å². The van der Waals surface area contributed by atoms with E-state index in [0.717, 1.165) is 86.3 Å². The molecule has 420 valence electrons. The first kappa shape index (κ1) is 57.4. The Labute approximate surface area is 502 Å². The minimum absolute atomic E-state index is 0.0258. The van der Waals surface area contributed by atoms with Gasteiger partial charge in [-0.3, -0.25) is 14.4 Å². The monoisotopic (exact) mass is 1200 g/mol. The van der Waals surface area contributed by atoms with E-state index < -0.39 is 17.6 Å². The van der Waals surface area contributed by atoms with E-state index in [-0.39, 0.29) is 28.6 Å². The number of benzene rings is 8. The fourth-order valence-electron chi connectivity index (χ4n) is 11.0. The highest BCUT2D eigenvalue weighted by Gasteiger charge is 2.36. The van der Waals surface area contributed by atoms with Crippen LogP contribution < -0.4 is 20.1 Å². The fourth-order valence-corrected chi connectivity index (χ4v) is 15.1. The molecule has 3 amide bonds. The van der Waals surface area contributed by atoms with E-state index in [4.69, 9.17) is 16.6 Å². The lowest BCUT2D eigenvalue weighted by Crippen LogP contribution is -2.50. The van der Waals surface area contributed by atoms with Crippen molar-refractivity contribution in [2.45, 2.75) is 48.6 Å². The molecule has 9 nitrogen and oxygen atoms in total. The van der Waals surface area contributed by atoms with Gasteiger partial charge in [-0.15, -0.1) is 24.0 Å². The molecular weight excluding hydrogens is 1140 g/mol. The molecule has 2 aliphatic carbocycles. The second kappa shape index (κ2) is 24.4. The normalized spacial score (nSPS) is 12.8. The summed E-state index contributed by atoms with van der Waals surface area (Å²) in [6.07, 6.45) is -4.78. The maximum atomic E-state index is 15.2.